The molecule has 2 aromatic heterocycles. The van der Waals surface area contributed by atoms with E-state index in [0.717, 1.165) is 29.5 Å². The van der Waals surface area contributed by atoms with E-state index < -0.39 is 7.14 Å². The number of hydrogen-bond donors (Lipinski definition) is 2. The van der Waals surface area contributed by atoms with E-state index in [4.69, 9.17) is 9.97 Å². The van der Waals surface area contributed by atoms with Gasteiger partial charge in [-0.25, -0.2) is 4.98 Å². The third-order valence-corrected chi connectivity index (χ3v) is 7.57. The molecule has 2 heterocycles. The van der Waals surface area contributed by atoms with Gasteiger partial charge in [-0.15, -0.1) is 0 Å². The summed E-state index contributed by atoms with van der Waals surface area (Å²) in [5.74, 6) is 1.22. The molecular formula is C26H29N6OP. The molecule has 5 rings (SSSR count). The van der Waals surface area contributed by atoms with Crippen LogP contribution in [0.3, 0.4) is 0 Å². The van der Waals surface area contributed by atoms with Crippen molar-refractivity contribution in [2.75, 3.05) is 24.0 Å². The van der Waals surface area contributed by atoms with Gasteiger partial charge in [0.25, 0.3) is 0 Å². The van der Waals surface area contributed by atoms with Gasteiger partial charge in [0.1, 0.15) is 13.5 Å². The van der Waals surface area contributed by atoms with Crippen LogP contribution in [-0.2, 0) is 4.57 Å². The van der Waals surface area contributed by atoms with Crippen molar-refractivity contribution in [3.63, 3.8) is 0 Å². The first-order valence-electron chi connectivity index (χ1n) is 11.5. The fourth-order valence-electron chi connectivity index (χ4n) is 3.87. The second-order valence-electron chi connectivity index (χ2n) is 9.28. The standard InChI is InChI=1S/C26H29N6OP/c1-17-6-5-7-18(2)22(17)14-15-32-16-27-23-24(30-26(31-25(23)32)29-20-8-9-20)28-19-10-12-21(13-11-19)34(3,4)33/h5-7,10-16,20H,8-9H2,1-4H3,(H2,28,29,30,31). The van der Waals surface area contributed by atoms with Crippen molar-refractivity contribution in [1.29, 1.82) is 0 Å². The maximum Gasteiger partial charge on any atom is 0.227 e. The van der Waals surface area contributed by atoms with Crippen LogP contribution in [0.25, 0.3) is 23.4 Å². The van der Waals surface area contributed by atoms with E-state index >= 15 is 0 Å². The Labute approximate surface area is 199 Å². The number of aromatic nitrogens is 4. The molecule has 0 bridgehead atoms. The van der Waals surface area contributed by atoms with Crippen molar-refractivity contribution in [2.45, 2.75) is 32.7 Å². The normalized spacial score (nSPS) is 14.1. The molecule has 1 saturated carbocycles. The molecule has 8 heteroatoms. The fourth-order valence-corrected chi connectivity index (χ4v) is 4.74. The van der Waals surface area contributed by atoms with Crippen LogP contribution in [0.1, 0.15) is 29.5 Å². The zero-order valence-electron chi connectivity index (χ0n) is 19.9. The summed E-state index contributed by atoms with van der Waals surface area (Å²) in [4.78, 5) is 14.1. The Bertz CT molecular complexity index is 1410. The Hall–Kier alpha value is -3.44. The smallest absolute Gasteiger partial charge is 0.227 e. The van der Waals surface area contributed by atoms with Crippen molar-refractivity contribution >= 4 is 53.3 Å². The summed E-state index contributed by atoms with van der Waals surface area (Å²) < 4.78 is 14.3. The zero-order chi connectivity index (χ0) is 23.9. The summed E-state index contributed by atoms with van der Waals surface area (Å²) in [6.45, 7) is 7.78. The first kappa shape index (κ1) is 22.4. The number of nitrogens with zero attached hydrogens (tertiary/aromatic N) is 4. The third-order valence-electron chi connectivity index (χ3n) is 6.03. The number of anilines is 3. The molecule has 0 amide bonds. The highest BCUT2D eigenvalue weighted by molar-refractivity contribution is 7.70. The van der Waals surface area contributed by atoms with Gasteiger partial charge in [0.15, 0.2) is 17.0 Å². The lowest BCUT2D eigenvalue weighted by Gasteiger charge is -2.11. The maximum atomic E-state index is 12.4. The number of imidazole rings is 1. The molecule has 2 N–H and O–H groups in total. The summed E-state index contributed by atoms with van der Waals surface area (Å²) in [6, 6.07) is 14.4. The van der Waals surface area contributed by atoms with Gasteiger partial charge >= 0.3 is 0 Å². The van der Waals surface area contributed by atoms with Crippen molar-refractivity contribution < 1.29 is 4.57 Å². The van der Waals surface area contributed by atoms with Crippen LogP contribution in [0.15, 0.2) is 48.8 Å². The molecule has 174 valence electrons. The quantitative estimate of drug-likeness (QED) is 0.339. The first-order chi connectivity index (χ1) is 16.3. The Kier molecular flexibility index (Phi) is 5.74. The van der Waals surface area contributed by atoms with Gasteiger partial charge < -0.3 is 15.2 Å². The third kappa shape index (κ3) is 4.75. The summed E-state index contributed by atoms with van der Waals surface area (Å²) in [5.41, 5.74) is 5.91. The molecular weight excluding hydrogens is 443 g/mol. The zero-order valence-corrected chi connectivity index (χ0v) is 20.8. The lowest BCUT2D eigenvalue weighted by molar-refractivity contribution is 0.588. The Balaban J connectivity index is 1.52. The minimum Gasteiger partial charge on any atom is -0.351 e. The highest BCUT2D eigenvalue weighted by atomic mass is 31.2. The average molecular weight is 473 g/mol. The van der Waals surface area contributed by atoms with Crippen LogP contribution in [0.2, 0.25) is 0 Å². The number of aryl methyl sites for hydroxylation is 2. The van der Waals surface area contributed by atoms with Crippen molar-refractivity contribution in [1.82, 2.24) is 19.5 Å². The lowest BCUT2D eigenvalue weighted by Crippen LogP contribution is -2.08. The molecule has 0 spiro atoms. The molecule has 2 aromatic carbocycles. The van der Waals surface area contributed by atoms with Crippen molar-refractivity contribution in [3.05, 3.63) is 65.5 Å². The lowest BCUT2D eigenvalue weighted by atomic mass is 10.0. The van der Waals surface area contributed by atoms with Gasteiger partial charge in [-0.05, 0) is 87.1 Å². The molecule has 34 heavy (non-hydrogen) atoms. The van der Waals surface area contributed by atoms with E-state index in [1.807, 2.05) is 35.0 Å². The van der Waals surface area contributed by atoms with Crippen LogP contribution in [0.5, 0.6) is 0 Å². The summed E-state index contributed by atoms with van der Waals surface area (Å²) in [6.07, 6.45) is 8.12. The van der Waals surface area contributed by atoms with E-state index in [-0.39, 0.29) is 0 Å². The first-order valence-corrected chi connectivity index (χ1v) is 14.1. The van der Waals surface area contributed by atoms with Crippen LogP contribution >= 0.6 is 7.14 Å². The Morgan fingerprint density at radius 2 is 1.74 bits per heavy atom. The molecule has 1 fully saturated rings. The van der Waals surface area contributed by atoms with Crippen LogP contribution in [0.4, 0.5) is 17.5 Å². The number of nitrogens with one attached hydrogen (secondary N) is 2. The topological polar surface area (TPSA) is 84.7 Å². The monoisotopic (exact) mass is 472 g/mol. The number of hydrogen-bond acceptors (Lipinski definition) is 6. The number of benzene rings is 2. The molecule has 1 aliphatic carbocycles. The van der Waals surface area contributed by atoms with E-state index in [0.29, 0.717) is 23.3 Å². The minimum absolute atomic E-state index is 0.425. The highest BCUT2D eigenvalue weighted by Gasteiger charge is 2.23. The number of fused-ring (bicyclic) bond motifs is 1. The molecule has 0 aliphatic heterocycles. The van der Waals surface area contributed by atoms with E-state index in [2.05, 4.69) is 53.7 Å². The second-order valence-corrected chi connectivity index (χ2v) is 12.5. The van der Waals surface area contributed by atoms with Crippen LogP contribution in [0, 0.1) is 13.8 Å². The molecule has 0 unspecified atom stereocenters. The van der Waals surface area contributed by atoms with Gasteiger partial charge in [0.2, 0.25) is 5.95 Å². The predicted octanol–water partition coefficient (Wildman–Crippen LogP) is 5.64. The maximum absolute atomic E-state index is 12.4. The van der Waals surface area contributed by atoms with Gasteiger partial charge in [-0.2, -0.15) is 9.97 Å². The van der Waals surface area contributed by atoms with E-state index in [1.165, 1.54) is 16.7 Å². The van der Waals surface area contributed by atoms with Gasteiger partial charge in [-0.1, -0.05) is 18.2 Å². The highest BCUT2D eigenvalue weighted by Crippen LogP contribution is 2.35. The van der Waals surface area contributed by atoms with E-state index in [1.54, 1.807) is 19.7 Å². The summed E-state index contributed by atoms with van der Waals surface area (Å²) >= 11 is 0. The molecule has 4 aromatic rings. The van der Waals surface area contributed by atoms with E-state index in [9.17, 15) is 4.57 Å². The number of rotatable bonds is 7. The molecule has 1 aliphatic rings. The summed E-state index contributed by atoms with van der Waals surface area (Å²) in [5, 5.41) is 7.64. The molecule has 0 radical (unpaired) electrons. The van der Waals surface area contributed by atoms with Crippen LogP contribution < -0.4 is 15.9 Å². The minimum atomic E-state index is -2.30. The Morgan fingerprint density at radius 3 is 2.38 bits per heavy atom. The molecule has 7 nitrogen and oxygen atoms in total. The fraction of sp³-hybridized carbons (Fsp3) is 0.269. The Morgan fingerprint density at radius 1 is 1.03 bits per heavy atom. The van der Waals surface area contributed by atoms with Gasteiger partial charge in [0, 0.05) is 23.2 Å². The molecule has 0 saturated heterocycles. The second kappa shape index (κ2) is 8.73. The van der Waals surface area contributed by atoms with Gasteiger partial charge in [0.05, 0.1) is 0 Å². The van der Waals surface area contributed by atoms with Crippen molar-refractivity contribution in [3.8, 4) is 0 Å². The van der Waals surface area contributed by atoms with Gasteiger partial charge in [-0.3, -0.25) is 4.57 Å². The summed E-state index contributed by atoms with van der Waals surface area (Å²) in [7, 11) is -2.30. The SMILES string of the molecule is Cc1cccc(C)c1C=Cn1cnc2c(Nc3ccc(P(C)(C)=O)cc3)nc(NC3CC3)nc21. The predicted molar refractivity (Wildman–Crippen MR) is 142 cm³/mol. The largest absolute Gasteiger partial charge is 0.351 e. The van der Waals surface area contributed by atoms with Crippen molar-refractivity contribution in [2.24, 2.45) is 0 Å². The van der Waals surface area contributed by atoms with Crippen LogP contribution in [-0.4, -0.2) is 38.9 Å². The molecule has 0 atom stereocenters. The average Bonchev–Trinajstić information content (AvgIpc) is 3.50.